The van der Waals surface area contributed by atoms with E-state index in [-0.39, 0.29) is 6.03 Å². The van der Waals surface area contributed by atoms with Crippen LogP contribution in [-0.2, 0) is 6.54 Å². The first kappa shape index (κ1) is 15.7. The van der Waals surface area contributed by atoms with Crippen LogP contribution in [0, 0.1) is 13.8 Å². The van der Waals surface area contributed by atoms with E-state index in [9.17, 15) is 4.79 Å². The molecule has 2 N–H and O–H groups in total. The first-order valence-corrected chi connectivity index (χ1v) is 7.78. The summed E-state index contributed by atoms with van der Waals surface area (Å²) in [7, 11) is 1.66. The molecule has 0 unspecified atom stereocenters. The molecule has 2 rings (SSSR count). The summed E-state index contributed by atoms with van der Waals surface area (Å²) >= 11 is 0. The summed E-state index contributed by atoms with van der Waals surface area (Å²) in [4.78, 5) is 12.0. The molecule has 1 saturated carbocycles. The minimum atomic E-state index is -0.0813. The Kier molecular flexibility index (Phi) is 5.48. The number of aryl methyl sites for hydroxylation is 2. The number of carbonyl (C=O) groups excluding carboxylic acids is 1. The Morgan fingerprint density at radius 3 is 2.52 bits per heavy atom. The third-order valence-electron chi connectivity index (χ3n) is 4.28. The summed E-state index contributed by atoms with van der Waals surface area (Å²) in [5, 5.41) is 6.00. The SMILES string of the molecule is COc1cc(C)c(C)cc1CNC(=O)NC1CCCCC1. The van der Waals surface area contributed by atoms with Gasteiger partial charge in [-0.15, -0.1) is 0 Å². The second-order valence-electron chi connectivity index (χ2n) is 5.91. The molecule has 0 atom stereocenters. The molecule has 116 valence electrons. The molecule has 1 aliphatic rings. The van der Waals surface area contributed by atoms with Crippen molar-refractivity contribution in [3.8, 4) is 5.75 Å². The Hall–Kier alpha value is -1.71. The van der Waals surface area contributed by atoms with Crippen LogP contribution >= 0.6 is 0 Å². The smallest absolute Gasteiger partial charge is 0.315 e. The molecule has 2 amide bonds. The number of nitrogens with one attached hydrogen (secondary N) is 2. The van der Waals surface area contributed by atoms with E-state index in [1.807, 2.05) is 6.07 Å². The van der Waals surface area contributed by atoms with Crippen LogP contribution in [0.1, 0.15) is 48.8 Å². The van der Waals surface area contributed by atoms with Gasteiger partial charge in [0.25, 0.3) is 0 Å². The zero-order valence-electron chi connectivity index (χ0n) is 13.3. The van der Waals surface area contributed by atoms with Gasteiger partial charge in [-0.3, -0.25) is 0 Å². The third kappa shape index (κ3) is 4.38. The summed E-state index contributed by atoms with van der Waals surface area (Å²) < 4.78 is 5.39. The molecule has 0 aromatic heterocycles. The number of benzene rings is 1. The van der Waals surface area contributed by atoms with Gasteiger partial charge in [0.1, 0.15) is 5.75 Å². The second-order valence-corrected chi connectivity index (χ2v) is 5.91. The monoisotopic (exact) mass is 290 g/mol. The molecule has 21 heavy (non-hydrogen) atoms. The Morgan fingerprint density at radius 1 is 1.19 bits per heavy atom. The molecule has 0 bridgehead atoms. The highest BCUT2D eigenvalue weighted by atomic mass is 16.5. The van der Waals surface area contributed by atoms with Gasteiger partial charge in [0.2, 0.25) is 0 Å². The largest absolute Gasteiger partial charge is 0.496 e. The standard InChI is InChI=1S/C17H26N2O2/c1-12-9-14(16(21-3)10-13(12)2)11-18-17(20)19-15-7-5-4-6-8-15/h9-10,15H,4-8,11H2,1-3H3,(H2,18,19,20). The highest BCUT2D eigenvalue weighted by Gasteiger charge is 2.15. The van der Waals surface area contributed by atoms with Gasteiger partial charge >= 0.3 is 6.03 Å². The molecule has 0 spiro atoms. The lowest BCUT2D eigenvalue weighted by Crippen LogP contribution is -2.42. The summed E-state index contributed by atoms with van der Waals surface area (Å²) in [6.07, 6.45) is 5.92. The maximum atomic E-state index is 12.0. The number of urea groups is 1. The average molecular weight is 290 g/mol. The Labute approximate surface area is 127 Å². The Bertz CT molecular complexity index is 494. The van der Waals surface area contributed by atoms with Crippen LogP contribution in [0.2, 0.25) is 0 Å². The van der Waals surface area contributed by atoms with Crippen LogP contribution in [0.25, 0.3) is 0 Å². The molecular formula is C17H26N2O2. The molecule has 0 radical (unpaired) electrons. The number of carbonyl (C=O) groups is 1. The molecule has 0 heterocycles. The van der Waals surface area contributed by atoms with Crippen LogP contribution in [0.3, 0.4) is 0 Å². The fourth-order valence-corrected chi connectivity index (χ4v) is 2.84. The van der Waals surface area contributed by atoms with Crippen molar-refractivity contribution >= 4 is 6.03 Å². The van der Waals surface area contributed by atoms with Gasteiger partial charge in [0.15, 0.2) is 0 Å². The minimum Gasteiger partial charge on any atom is -0.496 e. The minimum absolute atomic E-state index is 0.0813. The zero-order valence-corrected chi connectivity index (χ0v) is 13.3. The van der Waals surface area contributed by atoms with Crippen LogP contribution in [0.5, 0.6) is 5.75 Å². The number of hydrogen-bond donors (Lipinski definition) is 2. The summed E-state index contributed by atoms with van der Waals surface area (Å²) in [6.45, 7) is 4.62. The number of rotatable bonds is 4. The normalized spacial score (nSPS) is 15.6. The Morgan fingerprint density at radius 2 is 1.86 bits per heavy atom. The van der Waals surface area contributed by atoms with E-state index >= 15 is 0 Å². The predicted molar refractivity (Wildman–Crippen MR) is 84.7 cm³/mol. The van der Waals surface area contributed by atoms with Gasteiger partial charge in [-0.05, 0) is 43.9 Å². The van der Waals surface area contributed by atoms with E-state index in [0.717, 1.165) is 24.2 Å². The van der Waals surface area contributed by atoms with Gasteiger partial charge in [-0.25, -0.2) is 4.79 Å². The first-order chi connectivity index (χ1) is 10.1. The zero-order chi connectivity index (χ0) is 15.2. The number of methoxy groups -OCH3 is 1. The number of amides is 2. The fraction of sp³-hybridized carbons (Fsp3) is 0.588. The van der Waals surface area contributed by atoms with Gasteiger partial charge in [0.05, 0.1) is 7.11 Å². The first-order valence-electron chi connectivity index (χ1n) is 7.78. The van der Waals surface area contributed by atoms with E-state index in [1.165, 1.54) is 30.4 Å². The van der Waals surface area contributed by atoms with Crippen LogP contribution in [0.4, 0.5) is 4.79 Å². The predicted octanol–water partition coefficient (Wildman–Crippen LogP) is 3.44. The molecule has 1 aromatic carbocycles. The number of ether oxygens (including phenoxy) is 1. The molecule has 0 aliphatic heterocycles. The van der Waals surface area contributed by atoms with Crippen molar-refractivity contribution in [1.82, 2.24) is 10.6 Å². The summed E-state index contributed by atoms with van der Waals surface area (Å²) in [6, 6.07) is 4.35. The van der Waals surface area contributed by atoms with E-state index in [4.69, 9.17) is 4.74 Å². The molecule has 1 fully saturated rings. The van der Waals surface area contributed by atoms with E-state index < -0.39 is 0 Å². The van der Waals surface area contributed by atoms with Gasteiger partial charge in [-0.1, -0.05) is 25.3 Å². The van der Waals surface area contributed by atoms with Crippen LogP contribution in [0.15, 0.2) is 12.1 Å². The van der Waals surface area contributed by atoms with Crippen molar-refractivity contribution in [2.75, 3.05) is 7.11 Å². The molecule has 0 saturated heterocycles. The highest BCUT2D eigenvalue weighted by Crippen LogP contribution is 2.23. The Balaban J connectivity index is 1.89. The van der Waals surface area contributed by atoms with Gasteiger partial charge in [0, 0.05) is 18.2 Å². The van der Waals surface area contributed by atoms with Gasteiger partial charge < -0.3 is 15.4 Å². The third-order valence-corrected chi connectivity index (χ3v) is 4.28. The van der Waals surface area contributed by atoms with Crippen LogP contribution < -0.4 is 15.4 Å². The fourth-order valence-electron chi connectivity index (χ4n) is 2.84. The van der Waals surface area contributed by atoms with Gasteiger partial charge in [-0.2, -0.15) is 0 Å². The highest BCUT2D eigenvalue weighted by molar-refractivity contribution is 5.74. The van der Waals surface area contributed by atoms with E-state index in [1.54, 1.807) is 7.11 Å². The average Bonchev–Trinajstić information content (AvgIpc) is 2.49. The quantitative estimate of drug-likeness (QED) is 0.892. The lowest BCUT2D eigenvalue weighted by Gasteiger charge is -2.23. The summed E-state index contributed by atoms with van der Waals surface area (Å²) in [5.74, 6) is 0.830. The second kappa shape index (κ2) is 7.34. The van der Waals surface area contributed by atoms with Crippen molar-refractivity contribution < 1.29 is 9.53 Å². The van der Waals surface area contributed by atoms with Crippen molar-refractivity contribution in [3.05, 3.63) is 28.8 Å². The van der Waals surface area contributed by atoms with Crippen LogP contribution in [-0.4, -0.2) is 19.2 Å². The maximum Gasteiger partial charge on any atom is 0.315 e. The molecule has 1 aliphatic carbocycles. The summed E-state index contributed by atoms with van der Waals surface area (Å²) in [5.41, 5.74) is 3.42. The topological polar surface area (TPSA) is 50.4 Å². The van der Waals surface area contributed by atoms with Crippen molar-refractivity contribution in [2.45, 2.75) is 58.5 Å². The maximum absolute atomic E-state index is 12.0. The van der Waals surface area contributed by atoms with E-state index in [2.05, 4.69) is 30.5 Å². The number of hydrogen-bond acceptors (Lipinski definition) is 2. The molecule has 4 nitrogen and oxygen atoms in total. The molecular weight excluding hydrogens is 264 g/mol. The lowest BCUT2D eigenvalue weighted by molar-refractivity contribution is 0.232. The van der Waals surface area contributed by atoms with Crippen molar-refractivity contribution in [2.24, 2.45) is 0 Å². The van der Waals surface area contributed by atoms with E-state index in [0.29, 0.717) is 12.6 Å². The molecule has 4 heteroatoms. The van der Waals surface area contributed by atoms with Crippen molar-refractivity contribution in [1.29, 1.82) is 0 Å². The molecule has 1 aromatic rings. The lowest BCUT2D eigenvalue weighted by atomic mass is 9.96. The van der Waals surface area contributed by atoms with Crippen molar-refractivity contribution in [3.63, 3.8) is 0 Å².